The number of hydrogen-bond donors (Lipinski definition) is 1. The highest BCUT2D eigenvalue weighted by Crippen LogP contribution is 2.32. The summed E-state index contributed by atoms with van der Waals surface area (Å²) < 4.78 is 0. The van der Waals surface area contributed by atoms with Crippen LogP contribution < -0.4 is 0 Å². The molecule has 0 saturated heterocycles. The molecule has 1 N–H and O–H groups in total. The van der Waals surface area contributed by atoms with Crippen LogP contribution in [0.4, 0.5) is 0 Å². The third-order valence-electron chi connectivity index (χ3n) is 1.84. The highest BCUT2D eigenvalue weighted by atomic mass is 35.5. The molecular weight excluding hydrogens is 205 g/mol. The quantitative estimate of drug-likeness (QED) is 0.735. The number of rotatable bonds is 1. The van der Waals surface area contributed by atoms with Crippen LogP contribution in [0.5, 0.6) is 0 Å². The van der Waals surface area contributed by atoms with E-state index >= 15 is 0 Å². The Kier molecular flexibility index (Phi) is 2.30. The fourth-order valence-corrected chi connectivity index (χ4v) is 1.61. The van der Waals surface area contributed by atoms with Gasteiger partial charge in [0.05, 0.1) is 10.0 Å². The smallest absolute Gasteiger partial charge is 0.0685 e. The number of H-pyrrole nitrogens is 1. The summed E-state index contributed by atoms with van der Waals surface area (Å²) in [6.45, 7) is 0. The largest absolute Gasteiger partial charge is 0.361 e. The summed E-state index contributed by atoms with van der Waals surface area (Å²) in [7, 11) is 0. The van der Waals surface area contributed by atoms with Crippen LogP contribution in [-0.4, -0.2) is 4.98 Å². The fourth-order valence-electron chi connectivity index (χ4n) is 1.21. The van der Waals surface area contributed by atoms with Crippen LogP contribution in [0.1, 0.15) is 0 Å². The molecule has 0 unspecified atom stereocenters. The van der Waals surface area contributed by atoms with Crippen molar-refractivity contribution in [2.45, 2.75) is 0 Å². The summed E-state index contributed by atoms with van der Waals surface area (Å²) in [6.07, 6.45) is 1.85. The van der Waals surface area contributed by atoms with Crippen molar-refractivity contribution in [3.63, 3.8) is 0 Å². The molecular formula is C10H7Cl2N. The molecule has 0 bridgehead atoms. The Bertz CT molecular complexity index is 407. The molecule has 0 radical (unpaired) electrons. The first-order valence-electron chi connectivity index (χ1n) is 3.87. The van der Waals surface area contributed by atoms with E-state index < -0.39 is 0 Å². The second-order valence-corrected chi connectivity index (χ2v) is 3.47. The zero-order valence-corrected chi connectivity index (χ0v) is 8.23. The van der Waals surface area contributed by atoms with Gasteiger partial charge >= 0.3 is 0 Å². The van der Waals surface area contributed by atoms with E-state index in [1.54, 1.807) is 6.07 Å². The van der Waals surface area contributed by atoms with Crippen LogP contribution in [0.3, 0.4) is 0 Å². The third kappa shape index (κ3) is 1.58. The molecule has 0 amide bonds. The van der Waals surface area contributed by atoms with E-state index in [0.29, 0.717) is 10.0 Å². The lowest BCUT2D eigenvalue weighted by Crippen LogP contribution is -1.79. The van der Waals surface area contributed by atoms with E-state index in [9.17, 15) is 0 Å². The van der Waals surface area contributed by atoms with Crippen LogP contribution >= 0.6 is 23.2 Å². The highest BCUT2D eigenvalue weighted by Gasteiger charge is 2.05. The third-order valence-corrected chi connectivity index (χ3v) is 2.66. The maximum Gasteiger partial charge on any atom is 0.0685 e. The summed E-state index contributed by atoms with van der Waals surface area (Å²) in [5, 5.41) is 1.17. The number of nitrogens with one attached hydrogen (secondary N) is 1. The summed E-state index contributed by atoms with van der Waals surface area (Å²) in [5.74, 6) is 0. The van der Waals surface area contributed by atoms with Crippen LogP contribution in [-0.2, 0) is 0 Å². The first-order valence-corrected chi connectivity index (χ1v) is 4.62. The normalized spacial score (nSPS) is 10.3. The minimum absolute atomic E-state index is 0.578. The topological polar surface area (TPSA) is 15.8 Å². The molecule has 1 aromatic heterocycles. The lowest BCUT2D eigenvalue weighted by atomic mass is 10.1. The van der Waals surface area contributed by atoms with Crippen molar-refractivity contribution in [1.29, 1.82) is 0 Å². The molecule has 3 heteroatoms. The standard InChI is InChI=1S/C10H7Cl2N/c11-8-4-1-3-7(10(8)12)9-5-2-6-13-9/h1-6,13H. The van der Waals surface area contributed by atoms with Crippen LogP contribution in [0.15, 0.2) is 36.5 Å². The van der Waals surface area contributed by atoms with Gasteiger partial charge in [-0.1, -0.05) is 35.3 Å². The van der Waals surface area contributed by atoms with Gasteiger partial charge in [-0.2, -0.15) is 0 Å². The molecule has 0 saturated carbocycles. The van der Waals surface area contributed by atoms with Gasteiger partial charge in [0.2, 0.25) is 0 Å². The second kappa shape index (κ2) is 3.44. The molecule has 1 aromatic carbocycles. The maximum absolute atomic E-state index is 6.03. The Hall–Kier alpha value is -0.920. The van der Waals surface area contributed by atoms with Crippen molar-refractivity contribution < 1.29 is 0 Å². The number of aromatic amines is 1. The molecule has 0 aliphatic carbocycles. The molecule has 0 atom stereocenters. The summed E-state index contributed by atoms with van der Waals surface area (Å²) >= 11 is 11.9. The molecule has 0 spiro atoms. The van der Waals surface area contributed by atoms with Gasteiger partial charge in [0.25, 0.3) is 0 Å². The van der Waals surface area contributed by atoms with Gasteiger partial charge in [-0.25, -0.2) is 0 Å². The molecule has 66 valence electrons. The Morgan fingerprint density at radius 2 is 1.85 bits per heavy atom. The zero-order valence-electron chi connectivity index (χ0n) is 6.72. The molecule has 0 aliphatic rings. The van der Waals surface area contributed by atoms with Gasteiger partial charge in [0.1, 0.15) is 0 Å². The zero-order chi connectivity index (χ0) is 9.26. The Morgan fingerprint density at radius 3 is 2.54 bits per heavy atom. The summed E-state index contributed by atoms with van der Waals surface area (Å²) in [4.78, 5) is 3.08. The minimum atomic E-state index is 0.578. The highest BCUT2D eigenvalue weighted by molar-refractivity contribution is 6.43. The van der Waals surface area contributed by atoms with Crippen molar-refractivity contribution in [3.05, 3.63) is 46.6 Å². The van der Waals surface area contributed by atoms with Gasteiger partial charge in [-0.05, 0) is 18.2 Å². The van der Waals surface area contributed by atoms with E-state index in [4.69, 9.17) is 23.2 Å². The average molecular weight is 212 g/mol. The first kappa shape index (κ1) is 8.67. The van der Waals surface area contributed by atoms with Crippen molar-refractivity contribution in [2.24, 2.45) is 0 Å². The van der Waals surface area contributed by atoms with E-state index in [-0.39, 0.29) is 0 Å². The van der Waals surface area contributed by atoms with Gasteiger partial charge in [-0.15, -0.1) is 0 Å². The molecule has 13 heavy (non-hydrogen) atoms. The minimum Gasteiger partial charge on any atom is -0.361 e. The Labute approximate surface area is 86.3 Å². The number of aromatic nitrogens is 1. The first-order chi connectivity index (χ1) is 6.29. The van der Waals surface area contributed by atoms with Gasteiger partial charge in [0, 0.05) is 17.5 Å². The monoisotopic (exact) mass is 211 g/mol. The Morgan fingerprint density at radius 1 is 1.00 bits per heavy atom. The van der Waals surface area contributed by atoms with Crippen molar-refractivity contribution in [3.8, 4) is 11.3 Å². The van der Waals surface area contributed by atoms with Crippen molar-refractivity contribution in [1.82, 2.24) is 4.98 Å². The lowest BCUT2D eigenvalue weighted by molar-refractivity contribution is 1.40. The molecule has 2 rings (SSSR count). The molecule has 0 aliphatic heterocycles. The predicted octanol–water partition coefficient (Wildman–Crippen LogP) is 3.99. The van der Waals surface area contributed by atoms with E-state index in [1.807, 2.05) is 30.5 Å². The molecule has 2 aromatic rings. The predicted molar refractivity (Wildman–Crippen MR) is 56.2 cm³/mol. The summed E-state index contributed by atoms with van der Waals surface area (Å²) in [6, 6.07) is 9.46. The van der Waals surface area contributed by atoms with E-state index in [2.05, 4.69) is 4.98 Å². The SMILES string of the molecule is Clc1cccc(-c2ccc[nH]2)c1Cl. The summed E-state index contributed by atoms with van der Waals surface area (Å²) in [5.41, 5.74) is 1.91. The van der Waals surface area contributed by atoms with E-state index in [0.717, 1.165) is 11.3 Å². The van der Waals surface area contributed by atoms with Gasteiger partial charge < -0.3 is 4.98 Å². The van der Waals surface area contributed by atoms with Crippen LogP contribution in [0.25, 0.3) is 11.3 Å². The average Bonchev–Trinajstić information content (AvgIpc) is 2.62. The van der Waals surface area contributed by atoms with Gasteiger partial charge in [0.15, 0.2) is 0 Å². The maximum atomic E-state index is 6.03. The molecule has 0 fully saturated rings. The van der Waals surface area contributed by atoms with Crippen LogP contribution in [0.2, 0.25) is 10.0 Å². The van der Waals surface area contributed by atoms with E-state index in [1.165, 1.54) is 0 Å². The van der Waals surface area contributed by atoms with Crippen molar-refractivity contribution >= 4 is 23.2 Å². The van der Waals surface area contributed by atoms with Crippen LogP contribution in [0, 0.1) is 0 Å². The van der Waals surface area contributed by atoms with Gasteiger partial charge in [-0.3, -0.25) is 0 Å². The lowest BCUT2D eigenvalue weighted by Gasteiger charge is -2.02. The molecule has 1 nitrogen and oxygen atoms in total. The Balaban J connectivity index is 2.59. The number of benzene rings is 1. The number of halogens is 2. The molecule has 1 heterocycles. The second-order valence-electron chi connectivity index (χ2n) is 2.69. The fraction of sp³-hybridized carbons (Fsp3) is 0. The number of hydrogen-bond acceptors (Lipinski definition) is 0. The van der Waals surface area contributed by atoms with Crippen molar-refractivity contribution in [2.75, 3.05) is 0 Å².